The zero-order chi connectivity index (χ0) is 15.9. The van der Waals surface area contributed by atoms with Crippen molar-refractivity contribution in [3.8, 4) is 5.75 Å². The summed E-state index contributed by atoms with van der Waals surface area (Å²) in [5, 5.41) is 0. The van der Waals surface area contributed by atoms with Crippen LogP contribution in [0.3, 0.4) is 0 Å². The van der Waals surface area contributed by atoms with E-state index in [1.54, 1.807) is 24.3 Å². The van der Waals surface area contributed by atoms with Crippen LogP contribution in [0, 0.1) is 0 Å². The molecule has 0 bridgehead atoms. The van der Waals surface area contributed by atoms with Crippen LogP contribution in [0.1, 0.15) is 22.8 Å². The number of likely N-dealkylation sites (N-methyl/N-ethyl adjacent to an activating group) is 1. The van der Waals surface area contributed by atoms with Gasteiger partial charge in [-0.05, 0) is 24.7 Å². The van der Waals surface area contributed by atoms with Crippen LogP contribution >= 0.6 is 0 Å². The molecule has 0 amide bonds. The van der Waals surface area contributed by atoms with E-state index in [4.69, 9.17) is 4.74 Å². The van der Waals surface area contributed by atoms with Crippen LogP contribution in [0.25, 0.3) is 0 Å². The summed E-state index contributed by atoms with van der Waals surface area (Å²) >= 11 is 0. The number of rotatable bonds is 6. The molecule has 114 valence electrons. The first-order valence-corrected chi connectivity index (χ1v) is 7.09. The molecule has 0 atom stereocenters. The summed E-state index contributed by atoms with van der Waals surface area (Å²) in [4.78, 5) is 25.2. The molecule has 4 heteroatoms. The fourth-order valence-electron chi connectivity index (χ4n) is 2.19. The molecule has 0 saturated carbocycles. The summed E-state index contributed by atoms with van der Waals surface area (Å²) in [6, 6.07) is 16.7. The lowest BCUT2D eigenvalue weighted by Gasteiger charge is -2.16. The summed E-state index contributed by atoms with van der Waals surface area (Å²) in [5.41, 5.74) is 1.70. The predicted molar refractivity (Wildman–Crippen MR) is 84.9 cm³/mol. The van der Waals surface area contributed by atoms with Crippen LogP contribution in [0.15, 0.2) is 54.6 Å². The molecule has 0 aliphatic rings. The van der Waals surface area contributed by atoms with Gasteiger partial charge in [-0.2, -0.15) is 0 Å². The molecule has 0 N–H and O–H groups in total. The Morgan fingerprint density at radius 2 is 1.77 bits per heavy atom. The van der Waals surface area contributed by atoms with Gasteiger partial charge in [0, 0.05) is 19.0 Å². The second-order valence-corrected chi connectivity index (χ2v) is 5.20. The largest absolute Gasteiger partial charge is 0.427 e. The van der Waals surface area contributed by atoms with E-state index in [1.807, 2.05) is 42.3 Å². The van der Waals surface area contributed by atoms with Crippen molar-refractivity contribution in [3.05, 3.63) is 65.7 Å². The minimum Gasteiger partial charge on any atom is -0.427 e. The lowest BCUT2D eigenvalue weighted by Crippen LogP contribution is -2.25. The maximum atomic E-state index is 12.3. The molecule has 0 unspecified atom stereocenters. The zero-order valence-electron chi connectivity index (χ0n) is 12.8. The highest BCUT2D eigenvalue weighted by Gasteiger charge is 2.11. The highest BCUT2D eigenvalue weighted by molar-refractivity contribution is 5.98. The van der Waals surface area contributed by atoms with Crippen molar-refractivity contribution in [1.29, 1.82) is 0 Å². The first-order valence-electron chi connectivity index (χ1n) is 7.09. The Kier molecular flexibility index (Phi) is 5.44. The number of esters is 1. The maximum absolute atomic E-state index is 12.3. The van der Waals surface area contributed by atoms with Gasteiger partial charge in [-0.1, -0.05) is 42.5 Å². The molecule has 0 spiro atoms. The zero-order valence-corrected chi connectivity index (χ0v) is 12.8. The van der Waals surface area contributed by atoms with Crippen molar-refractivity contribution in [3.63, 3.8) is 0 Å². The minimum absolute atomic E-state index is 0.00701. The topological polar surface area (TPSA) is 46.6 Å². The molecule has 0 aromatic heterocycles. The molecule has 2 rings (SSSR count). The van der Waals surface area contributed by atoms with Gasteiger partial charge in [0.2, 0.25) is 0 Å². The van der Waals surface area contributed by atoms with E-state index in [1.165, 1.54) is 6.92 Å². The second-order valence-electron chi connectivity index (χ2n) is 5.20. The third-order valence-electron chi connectivity index (χ3n) is 3.13. The Morgan fingerprint density at radius 3 is 2.45 bits per heavy atom. The first kappa shape index (κ1) is 15.9. The van der Waals surface area contributed by atoms with Crippen molar-refractivity contribution in [2.45, 2.75) is 13.5 Å². The van der Waals surface area contributed by atoms with Crippen molar-refractivity contribution in [2.24, 2.45) is 0 Å². The molecule has 2 aromatic carbocycles. The van der Waals surface area contributed by atoms with E-state index in [9.17, 15) is 9.59 Å². The molecule has 0 aliphatic heterocycles. The quantitative estimate of drug-likeness (QED) is 0.467. The van der Waals surface area contributed by atoms with Crippen molar-refractivity contribution < 1.29 is 14.3 Å². The minimum atomic E-state index is -0.397. The second kappa shape index (κ2) is 7.52. The van der Waals surface area contributed by atoms with Crippen LogP contribution < -0.4 is 4.74 Å². The molecule has 0 saturated heterocycles. The average molecular weight is 297 g/mol. The molecule has 0 fully saturated rings. The maximum Gasteiger partial charge on any atom is 0.308 e. The van der Waals surface area contributed by atoms with Crippen molar-refractivity contribution in [2.75, 3.05) is 13.6 Å². The summed E-state index contributed by atoms with van der Waals surface area (Å²) in [7, 11) is 1.90. The Morgan fingerprint density at radius 1 is 1.05 bits per heavy atom. The SMILES string of the molecule is CC(=O)Oc1cccc(C(=O)CN(C)Cc2ccccc2)c1. The molecular formula is C18H19NO3. The number of ether oxygens (including phenoxy) is 1. The lowest BCUT2D eigenvalue weighted by atomic mass is 10.1. The highest BCUT2D eigenvalue weighted by Crippen LogP contribution is 2.14. The number of carbonyl (C=O) groups excluding carboxylic acids is 2. The van der Waals surface area contributed by atoms with E-state index in [0.717, 1.165) is 5.56 Å². The Balaban J connectivity index is 1.98. The van der Waals surface area contributed by atoms with E-state index in [2.05, 4.69) is 0 Å². The molecule has 4 nitrogen and oxygen atoms in total. The number of hydrogen-bond acceptors (Lipinski definition) is 4. The normalized spacial score (nSPS) is 10.5. The third-order valence-corrected chi connectivity index (χ3v) is 3.13. The van der Waals surface area contributed by atoms with E-state index >= 15 is 0 Å². The number of carbonyl (C=O) groups is 2. The molecule has 0 radical (unpaired) electrons. The third kappa shape index (κ3) is 4.82. The van der Waals surface area contributed by atoms with Gasteiger partial charge < -0.3 is 4.74 Å². The van der Waals surface area contributed by atoms with Gasteiger partial charge >= 0.3 is 5.97 Å². The fraction of sp³-hybridized carbons (Fsp3) is 0.222. The Hall–Kier alpha value is -2.46. The van der Waals surface area contributed by atoms with Gasteiger partial charge in [0.05, 0.1) is 6.54 Å². The summed E-state index contributed by atoms with van der Waals surface area (Å²) in [6.45, 7) is 2.34. The van der Waals surface area contributed by atoms with Crippen LogP contribution in [0.4, 0.5) is 0 Å². The standard InChI is InChI=1S/C18H19NO3/c1-14(20)22-17-10-6-9-16(11-17)18(21)13-19(2)12-15-7-4-3-5-8-15/h3-11H,12-13H2,1-2H3. The predicted octanol–water partition coefficient (Wildman–Crippen LogP) is 2.93. The molecule has 0 heterocycles. The molecule has 2 aromatic rings. The average Bonchev–Trinajstić information content (AvgIpc) is 2.47. The lowest BCUT2D eigenvalue weighted by molar-refractivity contribution is -0.131. The number of hydrogen-bond donors (Lipinski definition) is 0. The summed E-state index contributed by atoms with van der Waals surface area (Å²) in [6.07, 6.45) is 0. The number of benzene rings is 2. The molecular weight excluding hydrogens is 278 g/mol. The summed E-state index contributed by atoms with van der Waals surface area (Å²) < 4.78 is 5.00. The number of nitrogens with zero attached hydrogens (tertiary/aromatic N) is 1. The van der Waals surface area contributed by atoms with Crippen molar-refractivity contribution >= 4 is 11.8 Å². The first-order chi connectivity index (χ1) is 10.5. The van der Waals surface area contributed by atoms with Gasteiger partial charge in [0.25, 0.3) is 0 Å². The Labute approximate surface area is 130 Å². The van der Waals surface area contributed by atoms with Crippen LogP contribution in [0.2, 0.25) is 0 Å². The highest BCUT2D eigenvalue weighted by atomic mass is 16.5. The van der Waals surface area contributed by atoms with Gasteiger partial charge in [0.1, 0.15) is 5.75 Å². The van der Waals surface area contributed by atoms with E-state index in [-0.39, 0.29) is 5.78 Å². The Bertz CT molecular complexity index is 652. The van der Waals surface area contributed by atoms with E-state index < -0.39 is 5.97 Å². The van der Waals surface area contributed by atoms with Gasteiger partial charge in [-0.25, -0.2) is 0 Å². The molecule has 0 aliphatic carbocycles. The smallest absolute Gasteiger partial charge is 0.308 e. The van der Waals surface area contributed by atoms with Crippen LogP contribution in [0.5, 0.6) is 5.75 Å². The van der Waals surface area contributed by atoms with Crippen LogP contribution in [-0.2, 0) is 11.3 Å². The number of ketones is 1. The van der Waals surface area contributed by atoms with Gasteiger partial charge in [0.15, 0.2) is 5.78 Å². The summed E-state index contributed by atoms with van der Waals surface area (Å²) in [5.74, 6) is -0.0118. The molecule has 22 heavy (non-hydrogen) atoms. The van der Waals surface area contributed by atoms with Crippen LogP contribution in [-0.4, -0.2) is 30.2 Å². The van der Waals surface area contributed by atoms with E-state index in [0.29, 0.717) is 24.4 Å². The number of Topliss-reactive ketones (excluding diaryl/α,β-unsaturated/α-hetero) is 1. The van der Waals surface area contributed by atoms with Crippen molar-refractivity contribution in [1.82, 2.24) is 4.90 Å². The fourth-order valence-corrected chi connectivity index (χ4v) is 2.19. The monoisotopic (exact) mass is 297 g/mol. The van der Waals surface area contributed by atoms with Gasteiger partial charge in [-0.15, -0.1) is 0 Å². The van der Waals surface area contributed by atoms with Gasteiger partial charge in [-0.3, -0.25) is 14.5 Å².